The fraction of sp³-hybridized carbons (Fsp3) is 0.286. The molecule has 1 heterocycles. The quantitative estimate of drug-likeness (QED) is 0.662. The average molecular weight is 357 g/mol. The SMILES string of the molecule is CCCCN1C(=O)/C(=C\c2cc(Br)ccc2F)NC1=S. The van der Waals surface area contributed by atoms with Crippen LogP contribution in [-0.2, 0) is 4.79 Å². The second kappa shape index (κ2) is 6.45. The van der Waals surface area contributed by atoms with Crippen molar-refractivity contribution in [3.63, 3.8) is 0 Å². The second-order valence-corrected chi connectivity index (χ2v) is 5.77. The van der Waals surface area contributed by atoms with Crippen LogP contribution in [0.5, 0.6) is 0 Å². The van der Waals surface area contributed by atoms with Crippen LogP contribution in [0, 0.1) is 5.82 Å². The second-order valence-electron chi connectivity index (χ2n) is 4.46. The first kappa shape index (κ1) is 15.1. The number of benzene rings is 1. The van der Waals surface area contributed by atoms with Gasteiger partial charge in [0, 0.05) is 16.6 Å². The van der Waals surface area contributed by atoms with Gasteiger partial charge in [-0.15, -0.1) is 0 Å². The van der Waals surface area contributed by atoms with Crippen molar-refractivity contribution < 1.29 is 9.18 Å². The van der Waals surface area contributed by atoms with E-state index < -0.39 is 0 Å². The maximum absolute atomic E-state index is 13.7. The summed E-state index contributed by atoms with van der Waals surface area (Å²) in [4.78, 5) is 13.7. The lowest BCUT2D eigenvalue weighted by Gasteiger charge is -2.12. The Bertz CT molecular complexity index is 589. The summed E-state index contributed by atoms with van der Waals surface area (Å²) in [5.41, 5.74) is 0.651. The average Bonchev–Trinajstić information content (AvgIpc) is 2.67. The van der Waals surface area contributed by atoms with E-state index in [0.29, 0.717) is 22.9 Å². The third-order valence-corrected chi connectivity index (χ3v) is 3.77. The summed E-state index contributed by atoms with van der Waals surface area (Å²) in [7, 11) is 0. The minimum Gasteiger partial charge on any atom is -0.328 e. The zero-order valence-corrected chi connectivity index (χ0v) is 13.4. The lowest BCUT2D eigenvalue weighted by molar-refractivity contribution is -0.122. The Kier molecular flexibility index (Phi) is 4.88. The monoisotopic (exact) mass is 356 g/mol. The summed E-state index contributed by atoms with van der Waals surface area (Å²) in [5, 5.41) is 3.22. The summed E-state index contributed by atoms with van der Waals surface area (Å²) in [6, 6.07) is 4.58. The molecule has 0 bridgehead atoms. The largest absolute Gasteiger partial charge is 0.328 e. The van der Waals surface area contributed by atoms with Crippen molar-refractivity contribution in [2.24, 2.45) is 0 Å². The van der Waals surface area contributed by atoms with Crippen molar-refractivity contribution in [2.75, 3.05) is 6.54 Å². The van der Waals surface area contributed by atoms with Gasteiger partial charge < -0.3 is 5.32 Å². The van der Waals surface area contributed by atoms with Crippen LogP contribution in [0.4, 0.5) is 4.39 Å². The van der Waals surface area contributed by atoms with E-state index in [1.54, 1.807) is 12.1 Å². The molecule has 1 aliphatic rings. The van der Waals surface area contributed by atoms with Gasteiger partial charge in [0.1, 0.15) is 11.5 Å². The maximum Gasteiger partial charge on any atom is 0.276 e. The van der Waals surface area contributed by atoms with E-state index in [0.717, 1.165) is 17.3 Å². The number of unbranched alkanes of at least 4 members (excludes halogenated alkanes) is 1. The highest BCUT2D eigenvalue weighted by molar-refractivity contribution is 9.10. The molecule has 20 heavy (non-hydrogen) atoms. The van der Waals surface area contributed by atoms with E-state index in [9.17, 15) is 9.18 Å². The zero-order chi connectivity index (χ0) is 14.7. The Morgan fingerprint density at radius 2 is 2.25 bits per heavy atom. The lowest BCUT2D eigenvalue weighted by atomic mass is 10.2. The zero-order valence-electron chi connectivity index (χ0n) is 11.0. The van der Waals surface area contributed by atoms with Crippen LogP contribution >= 0.6 is 28.1 Å². The molecule has 0 saturated carbocycles. The number of amides is 1. The molecule has 1 fully saturated rings. The maximum atomic E-state index is 13.7. The number of nitrogens with zero attached hydrogens (tertiary/aromatic N) is 1. The van der Waals surface area contributed by atoms with E-state index in [1.165, 1.54) is 17.0 Å². The number of halogens is 2. The molecule has 0 radical (unpaired) electrons. The van der Waals surface area contributed by atoms with Gasteiger partial charge in [0.2, 0.25) is 0 Å². The Morgan fingerprint density at radius 1 is 1.50 bits per heavy atom. The van der Waals surface area contributed by atoms with E-state index in [-0.39, 0.29) is 11.7 Å². The molecule has 6 heteroatoms. The first-order valence-electron chi connectivity index (χ1n) is 6.32. The van der Waals surface area contributed by atoms with E-state index in [4.69, 9.17) is 12.2 Å². The lowest BCUT2D eigenvalue weighted by Crippen LogP contribution is -2.31. The van der Waals surface area contributed by atoms with Crippen LogP contribution in [0.25, 0.3) is 6.08 Å². The van der Waals surface area contributed by atoms with Crippen LogP contribution < -0.4 is 5.32 Å². The van der Waals surface area contributed by atoms with Gasteiger partial charge in [-0.05, 0) is 42.9 Å². The first-order chi connectivity index (χ1) is 9.52. The van der Waals surface area contributed by atoms with Crippen molar-refractivity contribution in [1.82, 2.24) is 10.2 Å². The number of hydrogen-bond acceptors (Lipinski definition) is 2. The summed E-state index contributed by atoms with van der Waals surface area (Å²) in [6.07, 6.45) is 3.35. The highest BCUT2D eigenvalue weighted by atomic mass is 79.9. The standard InChI is InChI=1S/C14H14BrFN2OS/c1-2-3-6-18-13(19)12(17-14(18)20)8-9-7-10(15)4-5-11(9)16/h4-5,7-8H,2-3,6H2,1H3,(H,17,20)/b12-8+. The molecule has 2 rings (SSSR count). The summed E-state index contributed by atoms with van der Waals surface area (Å²) < 4.78 is 14.4. The van der Waals surface area contributed by atoms with Gasteiger partial charge in [0.15, 0.2) is 5.11 Å². The van der Waals surface area contributed by atoms with Gasteiger partial charge in [0.05, 0.1) is 0 Å². The molecule has 1 aromatic carbocycles. The fourth-order valence-corrected chi connectivity index (χ4v) is 2.53. The number of hydrogen-bond donors (Lipinski definition) is 1. The summed E-state index contributed by atoms with van der Waals surface area (Å²) in [6.45, 7) is 2.63. The Labute approximate surface area is 131 Å². The summed E-state index contributed by atoms with van der Waals surface area (Å²) >= 11 is 8.41. The molecule has 1 N–H and O–H groups in total. The van der Waals surface area contributed by atoms with Gasteiger partial charge in [-0.1, -0.05) is 29.3 Å². The van der Waals surface area contributed by atoms with Gasteiger partial charge in [-0.25, -0.2) is 4.39 Å². The summed E-state index contributed by atoms with van der Waals surface area (Å²) in [5.74, 6) is -0.587. The smallest absolute Gasteiger partial charge is 0.276 e. The highest BCUT2D eigenvalue weighted by Crippen LogP contribution is 2.20. The molecule has 106 valence electrons. The normalized spacial score (nSPS) is 16.9. The number of nitrogens with one attached hydrogen (secondary N) is 1. The molecular formula is C14H14BrFN2OS. The molecule has 3 nitrogen and oxygen atoms in total. The van der Waals surface area contributed by atoms with Crippen molar-refractivity contribution in [3.05, 3.63) is 39.7 Å². The van der Waals surface area contributed by atoms with Crippen molar-refractivity contribution in [3.8, 4) is 0 Å². The van der Waals surface area contributed by atoms with Crippen molar-refractivity contribution in [1.29, 1.82) is 0 Å². The van der Waals surface area contributed by atoms with E-state index >= 15 is 0 Å². The van der Waals surface area contributed by atoms with Crippen molar-refractivity contribution in [2.45, 2.75) is 19.8 Å². The van der Waals surface area contributed by atoms with Gasteiger partial charge in [0.25, 0.3) is 5.91 Å². The third-order valence-electron chi connectivity index (χ3n) is 2.96. The number of rotatable bonds is 4. The minimum absolute atomic E-state index is 0.206. The molecule has 0 spiro atoms. The Morgan fingerprint density at radius 3 is 2.95 bits per heavy atom. The first-order valence-corrected chi connectivity index (χ1v) is 7.52. The topological polar surface area (TPSA) is 32.3 Å². The van der Waals surface area contributed by atoms with Gasteiger partial charge in [-0.2, -0.15) is 0 Å². The molecule has 1 saturated heterocycles. The van der Waals surface area contributed by atoms with Crippen LogP contribution in [0.2, 0.25) is 0 Å². The fourth-order valence-electron chi connectivity index (χ4n) is 1.87. The molecule has 1 aliphatic heterocycles. The molecule has 0 atom stereocenters. The third kappa shape index (κ3) is 3.24. The van der Waals surface area contributed by atoms with Gasteiger partial charge in [-0.3, -0.25) is 9.69 Å². The number of carbonyl (C=O) groups excluding carboxylic acids is 1. The number of carbonyl (C=O) groups is 1. The van der Waals surface area contributed by atoms with E-state index in [2.05, 4.69) is 21.2 Å². The van der Waals surface area contributed by atoms with E-state index in [1.807, 2.05) is 6.92 Å². The van der Waals surface area contributed by atoms with Crippen LogP contribution in [-0.4, -0.2) is 22.5 Å². The van der Waals surface area contributed by atoms with Crippen molar-refractivity contribution >= 4 is 45.2 Å². The Balaban J connectivity index is 2.25. The van der Waals surface area contributed by atoms with Crippen LogP contribution in [0.1, 0.15) is 25.3 Å². The Hall–Kier alpha value is -1.27. The molecule has 0 unspecified atom stereocenters. The molecule has 1 aromatic rings. The predicted molar refractivity (Wildman–Crippen MR) is 84.4 cm³/mol. The minimum atomic E-state index is -0.381. The number of thiocarbonyl (C=S) groups is 1. The molecule has 1 amide bonds. The molecule has 0 aromatic heterocycles. The van der Waals surface area contributed by atoms with Gasteiger partial charge >= 0.3 is 0 Å². The highest BCUT2D eigenvalue weighted by Gasteiger charge is 2.30. The van der Waals surface area contributed by atoms with Crippen LogP contribution in [0.3, 0.4) is 0 Å². The predicted octanol–water partition coefficient (Wildman–Crippen LogP) is 3.45. The van der Waals surface area contributed by atoms with Crippen LogP contribution in [0.15, 0.2) is 28.4 Å². The molecule has 0 aliphatic carbocycles. The molecular weight excluding hydrogens is 343 g/mol.